The third-order valence-corrected chi connectivity index (χ3v) is 4.24. The average Bonchev–Trinajstić information content (AvgIpc) is 3.08. The Bertz CT molecular complexity index is 599. The van der Waals surface area contributed by atoms with Gasteiger partial charge < -0.3 is 9.64 Å². The Hall–Kier alpha value is -1.95. The van der Waals surface area contributed by atoms with Crippen molar-refractivity contribution in [3.8, 4) is 5.75 Å². The van der Waals surface area contributed by atoms with Gasteiger partial charge in [0.15, 0.2) is 0 Å². The van der Waals surface area contributed by atoms with Crippen LogP contribution in [0, 0.1) is 6.92 Å². The summed E-state index contributed by atoms with van der Waals surface area (Å²) in [4.78, 5) is 23.0. The molecule has 0 N–H and O–H groups in total. The number of carbonyl (C=O) groups is 1. The van der Waals surface area contributed by atoms with Crippen molar-refractivity contribution in [2.75, 3.05) is 13.1 Å². The molecule has 1 atom stereocenters. The summed E-state index contributed by atoms with van der Waals surface area (Å²) in [6, 6.07) is 3.66. The maximum absolute atomic E-state index is 12.4. The van der Waals surface area contributed by atoms with Crippen molar-refractivity contribution in [3.63, 3.8) is 0 Å². The van der Waals surface area contributed by atoms with E-state index in [0.29, 0.717) is 6.54 Å². The zero-order chi connectivity index (χ0) is 13.9. The third-order valence-electron chi connectivity index (χ3n) is 3.32. The second-order valence-electron chi connectivity index (χ2n) is 4.73. The molecule has 6 heteroatoms. The number of pyridine rings is 1. The Kier molecular flexibility index (Phi) is 3.64. The van der Waals surface area contributed by atoms with E-state index >= 15 is 0 Å². The Balaban J connectivity index is 1.62. The number of carbonyl (C=O) groups excluding carboxylic acids is 1. The van der Waals surface area contributed by atoms with Crippen molar-refractivity contribution in [1.29, 1.82) is 0 Å². The molecule has 1 aliphatic heterocycles. The van der Waals surface area contributed by atoms with Gasteiger partial charge in [0.1, 0.15) is 16.7 Å². The van der Waals surface area contributed by atoms with E-state index in [2.05, 4.69) is 9.97 Å². The van der Waals surface area contributed by atoms with E-state index in [1.165, 1.54) is 11.3 Å². The average molecular weight is 289 g/mol. The number of aryl methyl sites for hydroxylation is 1. The van der Waals surface area contributed by atoms with Gasteiger partial charge in [0.2, 0.25) is 0 Å². The summed E-state index contributed by atoms with van der Waals surface area (Å²) in [6.07, 6.45) is 4.31. The molecular formula is C14H15N3O2S. The second-order valence-corrected chi connectivity index (χ2v) is 5.58. The summed E-state index contributed by atoms with van der Waals surface area (Å²) in [6.45, 7) is 3.22. The number of ether oxygens (including phenoxy) is 1. The fourth-order valence-electron chi connectivity index (χ4n) is 2.27. The lowest BCUT2D eigenvalue weighted by Crippen LogP contribution is -2.30. The highest BCUT2D eigenvalue weighted by atomic mass is 32.1. The lowest BCUT2D eigenvalue weighted by molar-refractivity contribution is 0.0776. The molecule has 0 radical (unpaired) electrons. The smallest absolute Gasteiger partial charge is 0.265 e. The van der Waals surface area contributed by atoms with E-state index in [0.717, 1.165) is 29.3 Å². The zero-order valence-corrected chi connectivity index (χ0v) is 12.0. The van der Waals surface area contributed by atoms with Crippen molar-refractivity contribution in [3.05, 3.63) is 40.6 Å². The minimum Gasteiger partial charge on any atom is -0.488 e. The predicted molar refractivity (Wildman–Crippen MR) is 76.0 cm³/mol. The molecule has 2 aromatic heterocycles. The number of hydrogen-bond acceptors (Lipinski definition) is 5. The van der Waals surface area contributed by atoms with Crippen molar-refractivity contribution < 1.29 is 9.53 Å². The van der Waals surface area contributed by atoms with Crippen LogP contribution in [-0.4, -0.2) is 40.0 Å². The van der Waals surface area contributed by atoms with E-state index in [1.807, 2.05) is 24.0 Å². The standard InChI is InChI=1S/C14H15N3O2S/c1-10-13(20-9-16-10)14(18)17-7-4-12(8-17)19-11-2-5-15-6-3-11/h2-3,5-6,9,12H,4,7-8H2,1H3/t12-/m1/s1. The maximum Gasteiger partial charge on any atom is 0.265 e. The molecule has 0 saturated carbocycles. The summed E-state index contributed by atoms with van der Waals surface area (Å²) in [5, 5.41) is 0. The quantitative estimate of drug-likeness (QED) is 0.868. The van der Waals surface area contributed by atoms with Gasteiger partial charge in [0.05, 0.1) is 17.7 Å². The Morgan fingerprint density at radius 3 is 2.95 bits per heavy atom. The fourth-order valence-corrected chi connectivity index (χ4v) is 3.04. The van der Waals surface area contributed by atoms with E-state index < -0.39 is 0 Å². The first-order valence-corrected chi connectivity index (χ1v) is 7.38. The SMILES string of the molecule is Cc1ncsc1C(=O)N1CC[C@@H](Oc2ccncc2)C1. The number of hydrogen-bond donors (Lipinski definition) is 0. The van der Waals surface area contributed by atoms with Gasteiger partial charge in [-0.2, -0.15) is 0 Å². The molecule has 0 aromatic carbocycles. The Morgan fingerprint density at radius 2 is 2.25 bits per heavy atom. The van der Waals surface area contributed by atoms with Crippen LogP contribution in [0.1, 0.15) is 21.8 Å². The van der Waals surface area contributed by atoms with Crippen LogP contribution in [0.15, 0.2) is 30.0 Å². The first-order chi connectivity index (χ1) is 9.74. The summed E-state index contributed by atoms with van der Waals surface area (Å²) in [5.41, 5.74) is 2.52. The Morgan fingerprint density at radius 1 is 1.45 bits per heavy atom. The van der Waals surface area contributed by atoms with Gasteiger partial charge in [0.25, 0.3) is 5.91 Å². The molecule has 0 aliphatic carbocycles. The van der Waals surface area contributed by atoms with Crippen LogP contribution in [0.4, 0.5) is 0 Å². The van der Waals surface area contributed by atoms with Crippen LogP contribution in [0.5, 0.6) is 5.75 Å². The van der Waals surface area contributed by atoms with Gasteiger partial charge in [-0.3, -0.25) is 9.78 Å². The van der Waals surface area contributed by atoms with Crippen molar-refractivity contribution in [1.82, 2.24) is 14.9 Å². The van der Waals surface area contributed by atoms with Crippen LogP contribution in [0.25, 0.3) is 0 Å². The van der Waals surface area contributed by atoms with E-state index in [4.69, 9.17) is 4.74 Å². The second kappa shape index (κ2) is 5.58. The fraction of sp³-hybridized carbons (Fsp3) is 0.357. The van der Waals surface area contributed by atoms with Gasteiger partial charge >= 0.3 is 0 Å². The van der Waals surface area contributed by atoms with Crippen LogP contribution in [0.3, 0.4) is 0 Å². The molecule has 3 rings (SSSR count). The molecule has 1 amide bonds. The van der Waals surface area contributed by atoms with E-state index in [9.17, 15) is 4.79 Å². The number of rotatable bonds is 3. The number of nitrogens with zero attached hydrogens (tertiary/aromatic N) is 3. The number of aromatic nitrogens is 2. The van der Waals surface area contributed by atoms with Gasteiger partial charge in [-0.1, -0.05) is 0 Å². The topological polar surface area (TPSA) is 55.3 Å². The lowest BCUT2D eigenvalue weighted by atomic mass is 10.3. The molecule has 1 fully saturated rings. The van der Waals surface area contributed by atoms with Crippen LogP contribution < -0.4 is 4.74 Å². The molecule has 3 heterocycles. The number of likely N-dealkylation sites (tertiary alicyclic amines) is 1. The first-order valence-electron chi connectivity index (χ1n) is 6.50. The molecule has 2 aromatic rings. The highest BCUT2D eigenvalue weighted by molar-refractivity contribution is 7.11. The summed E-state index contributed by atoms with van der Waals surface area (Å²) >= 11 is 1.40. The van der Waals surface area contributed by atoms with Crippen molar-refractivity contribution >= 4 is 17.2 Å². The molecule has 1 saturated heterocycles. The third kappa shape index (κ3) is 2.65. The highest BCUT2D eigenvalue weighted by Gasteiger charge is 2.29. The van der Waals surface area contributed by atoms with Gasteiger partial charge in [-0.15, -0.1) is 11.3 Å². The van der Waals surface area contributed by atoms with Gasteiger partial charge in [-0.05, 0) is 19.1 Å². The molecule has 104 valence electrons. The van der Waals surface area contributed by atoms with Crippen LogP contribution in [0.2, 0.25) is 0 Å². The monoisotopic (exact) mass is 289 g/mol. The molecule has 0 spiro atoms. The minimum atomic E-state index is 0.0505. The van der Waals surface area contributed by atoms with E-state index in [1.54, 1.807) is 17.9 Å². The molecule has 0 bridgehead atoms. The van der Waals surface area contributed by atoms with Crippen LogP contribution >= 0.6 is 11.3 Å². The number of amides is 1. The molecule has 0 unspecified atom stereocenters. The van der Waals surface area contributed by atoms with E-state index in [-0.39, 0.29) is 12.0 Å². The van der Waals surface area contributed by atoms with Crippen LogP contribution in [-0.2, 0) is 0 Å². The van der Waals surface area contributed by atoms with Gasteiger partial charge in [0, 0.05) is 25.4 Å². The predicted octanol–water partition coefficient (Wildman–Crippen LogP) is 2.14. The maximum atomic E-state index is 12.4. The lowest BCUT2D eigenvalue weighted by Gasteiger charge is -2.16. The number of thiazole rings is 1. The molecular weight excluding hydrogens is 274 g/mol. The normalized spacial score (nSPS) is 18.2. The minimum absolute atomic E-state index is 0.0505. The van der Waals surface area contributed by atoms with Crippen molar-refractivity contribution in [2.45, 2.75) is 19.4 Å². The summed E-state index contributed by atoms with van der Waals surface area (Å²) < 4.78 is 5.86. The molecule has 20 heavy (non-hydrogen) atoms. The largest absolute Gasteiger partial charge is 0.488 e. The first kappa shape index (κ1) is 13.1. The highest BCUT2D eigenvalue weighted by Crippen LogP contribution is 2.21. The Labute approximate surface area is 121 Å². The molecule has 5 nitrogen and oxygen atoms in total. The zero-order valence-electron chi connectivity index (χ0n) is 11.2. The molecule has 1 aliphatic rings. The summed E-state index contributed by atoms with van der Waals surface area (Å²) in [5.74, 6) is 0.860. The van der Waals surface area contributed by atoms with Crippen molar-refractivity contribution in [2.24, 2.45) is 0 Å². The summed E-state index contributed by atoms with van der Waals surface area (Å²) in [7, 11) is 0. The van der Waals surface area contributed by atoms with Gasteiger partial charge in [-0.25, -0.2) is 4.98 Å².